The highest BCUT2D eigenvalue weighted by Gasteiger charge is 2.35. The molecule has 0 bridgehead atoms. The van der Waals surface area contributed by atoms with Gasteiger partial charge in [-0.15, -0.1) is 0 Å². The van der Waals surface area contributed by atoms with E-state index in [0.29, 0.717) is 18.0 Å². The van der Waals surface area contributed by atoms with E-state index in [1.54, 1.807) is 19.2 Å². The minimum absolute atomic E-state index is 0.0366. The first-order valence-corrected chi connectivity index (χ1v) is 11.4. The number of ether oxygens (including phenoxy) is 1. The summed E-state index contributed by atoms with van der Waals surface area (Å²) >= 11 is 1.02. The van der Waals surface area contributed by atoms with Gasteiger partial charge in [0.15, 0.2) is 0 Å². The molecule has 2 aromatic rings. The number of amides is 3. The van der Waals surface area contributed by atoms with Gasteiger partial charge in [0.25, 0.3) is 11.1 Å². The zero-order chi connectivity index (χ0) is 22.0. The van der Waals surface area contributed by atoms with Crippen molar-refractivity contribution in [3.8, 4) is 5.75 Å². The number of thioether (sulfide) groups is 1. The van der Waals surface area contributed by atoms with E-state index >= 15 is 0 Å². The second-order valence-corrected chi connectivity index (χ2v) is 9.02. The zero-order valence-electron chi connectivity index (χ0n) is 17.7. The Labute approximate surface area is 186 Å². The number of imide groups is 1. The Kier molecular flexibility index (Phi) is 6.32. The molecule has 2 aromatic carbocycles. The van der Waals surface area contributed by atoms with Gasteiger partial charge in [0.1, 0.15) is 5.75 Å². The summed E-state index contributed by atoms with van der Waals surface area (Å²) in [6.07, 6.45) is 2.29. The van der Waals surface area contributed by atoms with E-state index in [9.17, 15) is 14.4 Å². The molecule has 2 aliphatic rings. The molecule has 6 nitrogen and oxygen atoms in total. The number of methoxy groups -OCH3 is 1. The van der Waals surface area contributed by atoms with E-state index in [1.165, 1.54) is 4.90 Å². The molecule has 0 aromatic heterocycles. The molecule has 0 spiro atoms. The maximum Gasteiger partial charge on any atom is 0.289 e. The van der Waals surface area contributed by atoms with Crippen LogP contribution in [0.15, 0.2) is 48.5 Å². The molecule has 3 amide bonds. The Morgan fingerprint density at radius 3 is 2.52 bits per heavy atom. The lowest BCUT2D eigenvalue weighted by Gasteiger charge is -2.30. The molecule has 1 unspecified atom stereocenters. The van der Waals surface area contributed by atoms with Crippen molar-refractivity contribution in [3.05, 3.63) is 65.2 Å². The van der Waals surface area contributed by atoms with Crippen molar-refractivity contribution in [2.24, 2.45) is 5.92 Å². The summed E-state index contributed by atoms with van der Waals surface area (Å²) in [6.45, 7) is 2.83. The molecular weight excluding hydrogens is 412 g/mol. The van der Waals surface area contributed by atoms with Gasteiger partial charge in [-0.05, 0) is 61.1 Å². The molecule has 1 saturated heterocycles. The summed E-state index contributed by atoms with van der Waals surface area (Å²) in [6, 6.07) is 15.2. The van der Waals surface area contributed by atoms with Crippen molar-refractivity contribution < 1.29 is 19.1 Å². The lowest BCUT2D eigenvalue weighted by atomic mass is 10.1. The first-order chi connectivity index (χ1) is 15.0. The fourth-order valence-electron chi connectivity index (χ4n) is 3.85. The highest BCUT2D eigenvalue weighted by Crippen LogP contribution is 2.36. The lowest BCUT2D eigenvalue weighted by molar-refractivity contribution is -0.125. The van der Waals surface area contributed by atoms with Gasteiger partial charge in [0.05, 0.1) is 19.4 Å². The molecule has 31 heavy (non-hydrogen) atoms. The van der Waals surface area contributed by atoms with Crippen LogP contribution in [0.5, 0.6) is 5.75 Å². The molecule has 162 valence electrons. The summed E-state index contributed by atoms with van der Waals surface area (Å²) in [5, 5.41) is -0.231. The van der Waals surface area contributed by atoms with Gasteiger partial charge in [-0.3, -0.25) is 19.3 Å². The minimum atomic E-state index is -0.231. The minimum Gasteiger partial charge on any atom is -0.497 e. The van der Waals surface area contributed by atoms with Crippen molar-refractivity contribution in [3.63, 3.8) is 0 Å². The summed E-state index contributed by atoms with van der Waals surface area (Å²) in [7, 11) is 1.63. The number of rotatable bonds is 8. The van der Waals surface area contributed by atoms with Crippen LogP contribution in [0, 0.1) is 5.92 Å². The fraction of sp³-hybridized carbons (Fsp3) is 0.375. The third-order valence-corrected chi connectivity index (χ3v) is 6.78. The molecule has 1 aliphatic carbocycles. The number of hydrogen-bond donors (Lipinski definition) is 0. The number of carbonyl (C=O) groups excluding carboxylic acids is 3. The fourth-order valence-corrected chi connectivity index (χ4v) is 4.57. The quantitative estimate of drug-likeness (QED) is 0.614. The Hall–Kier alpha value is -2.80. The third kappa shape index (κ3) is 4.93. The molecule has 1 saturated carbocycles. The van der Waals surface area contributed by atoms with Crippen LogP contribution in [0.3, 0.4) is 0 Å². The van der Waals surface area contributed by atoms with E-state index in [4.69, 9.17) is 4.74 Å². The van der Waals surface area contributed by atoms with Crippen molar-refractivity contribution >= 4 is 28.8 Å². The number of nitrogens with zero attached hydrogens (tertiary/aromatic N) is 2. The molecular formula is C24H26N2O4S. The predicted octanol–water partition coefficient (Wildman–Crippen LogP) is 4.33. The molecule has 7 heteroatoms. The normalized spacial score (nSPS) is 17.0. The van der Waals surface area contributed by atoms with Crippen molar-refractivity contribution in [1.82, 2.24) is 9.80 Å². The summed E-state index contributed by atoms with van der Waals surface area (Å²) < 4.78 is 5.24. The molecule has 0 N–H and O–H groups in total. The zero-order valence-corrected chi connectivity index (χ0v) is 18.6. The van der Waals surface area contributed by atoms with Crippen molar-refractivity contribution in [1.29, 1.82) is 0 Å². The first-order valence-electron chi connectivity index (χ1n) is 10.5. The van der Waals surface area contributed by atoms with Crippen LogP contribution in [-0.4, -0.2) is 45.8 Å². The highest BCUT2D eigenvalue weighted by molar-refractivity contribution is 8.14. The van der Waals surface area contributed by atoms with E-state index < -0.39 is 0 Å². The van der Waals surface area contributed by atoms with Crippen LogP contribution in [0.4, 0.5) is 4.79 Å². The second-order valence-electron chi connectivity index (χ2n) is 8.09. The monoisotopic (exact) mass is 438 g/mol. The second kappa shape index (κ2) is 9.14. The summed E-state index contributed by atoms with van der Waals surface area (Å²) in [5.41, 5.74) is 2.40. The average Bonchev–Trinajstić information content (AvgIpc) is 3.60. The van der Waals surface area contributed by atoms with Gasteiger partial charge < -0.3 is 9.64 Å². The average molecular weight is 439 g/mol. The van der Waals surface area contributed by atoms with E-state index in [-0.39, 0.29) is 35.4 Å². The van der Waals surface area contributed by atoms with Crippen LogP contribution in [0.2, 0.25) is 0 Å². The van der Waals surface area contributed by atoms with Gasteiger partial charge >= 0.3 is 0 Å². The molecule has 1 atom stereocenters. The van der Waals surface area contributed by atoms with Gasteiger partial charge in [0, 0.05) is 18.2 Å². The molecule has 4 rings (SSSR count). The highest BCUT2D eigenvalue weighted by atomic mass is 32.2. The number of hydrogen-bond acceptors (Lipinski definition) is 5. The predicted molar refractivity (Wildman–Crippen MR) is 120 cm³/mol. The maximum absolute atomic E-state index is 13.5. The third-order valence-electron chi connectivity index (χ3n) is 5.92. The SMILES string of the molecule is COc1ccc(CN(C(=O)c2cccc(CN3C(=O)CSC3=O)c2)C(C)C2CC2)cc1. The number of carbonyl (C=O) groups is 3. The standard InChI is InChI=1S/C24H26N2O4S/c1-16(19-8-9-19)25(13-17-6-10-21(30-2)11-7-17)23(28)20-5-3-4-18(12-20)14-26-22(27)15-31-24(26)29/h3-7,10-12,16,19H,8-9,13-15H2,1-2H3. The van der Waals surface area contributed by atoms with E-state index in [0.717, 1.165) is 41.5 Å². The van der Waals surface area contributed by atoms with Crippen LogP contribution in [0.1, 0.15) is 41.3 Å². The van der Waals surface area contributed by atoms with Crippen molar-refractivity contribution in [2.45, 2.75) is 38.9 Å². The summed E-state index contributed by atoms with van der Waals surface area (Å²) in [4.78, 5) is 40.5. The van der Waals surface area contributed by atoms with Gasteiger partial charge in [-0.2, -0.15) is 0 Å². The molecule has 1 aliphatic heterocycles. The van der Waals surface area contributed by atoms with Crippen LogP contribution in [-0.2, 0) is 17.9 Å². The Bertz CT molecular complexity index is 971. The Morgan fingerprint density at radius 2 is 1.90 bits per heavy atom. The van der Waals surface area contributed by atoms with Crippen LogP contribution < -0.4 is 4.74 Å². The van der Waals surface area contributed by atoms with Gasteiger partial charge in [0.2, 0.25) is 5.91 Å². The van der Waals surface area contributed by atoms with Crippen LogP contribution >= 0.6 is 11.8 Å². The van der Waals surface area contributed by atoms with E-state index in [1.807, 2.05) is 41.3 Å². The Balaban J connectivity index is 1.54. The molecule has 0 radical (unpaired) electrons. The van der Waals surface area contributed by atoms with Gasteiger partial charge in [-0.1, -0.05) is 36.0 Å². The topological polar surface area (TPSA) is 66.9 Å². The van der Waals surface area contributed by atoms with Gasteiger partial charge in [-0.25, -0.2) is 0 Å². The maximum atomic E-state index is 13.5. The largest absolute Gasteiger partial charge is 0.497 e. The van der Waals surface area contributed by atoms with Crippen LogP contribution in [0.25, 0.3) is 0 Å². The number of benzene rings is 2. The first kappa shape index (κ1) is 21.4. The van der Waals surface area contributed by atoms with Crippen molar-refractivity contribution in [2.75, 3.05) is 12.9 Å². The smallest absolute Gasteiger partial charge is 0.289 e. The Morgan fingerprint density at radius 1 is 1.16 bits per heavy atom. The molecule has 2 fully saturated rings. The summed E-state index contributed by atoms with van der Waals surface area (Å²) in [5.74, 6) is 1.28. The van der Waals surface area contributed by atoms with E-state index in [2.05, 4.69) is 6.92 Å². The molecule has 1 heterocycles. The lowest BCUT2D eigenvalue weighted by Crippen LogP contribution is -2.39.